The zero-order valence-electron chi connectivity index (χ0n) is 11.6. The van der Waals surface area contributed by atoms with E-state index in [1.54, 1.807) is 13.0 Å². The Morgan fingerprint density at radius 2 is 2.16 bits per heavy atom. The molecule has 19 heavy (non-hydrogen) atoms. The lowest BCUT2D eigenvalue weighted by molar-refractivity contribution is 0.101. The molecule has 0 saturated carbocycles. The molecular weight excluding hydrogens is 240 g/mol. The van der Waals surface area contributed by atoms with E-state index < -0.39 is 0 Å². The number of benzene rings is 1. The normalized spacial score (nSPS) is 23.5. The summed E-state index contributed by atoms with van der Waals surface area (Å²) in [4.78, 5) is 13.8. The van der Waals surface area contributed by atoms with E-state index >= 15 is 0 Å². The predicted octanol–water partition coefficient (Wildman–Crippen LogP) is 1.55. The second-order valence-corrected chi connectivity index (χ2v) is 5.30. The van der Waals surface area contributed by atoms with E-state index in [9.17, 15) is 4.79 Å². The number of rotatable bonds is 5. The smallest absolute Gasteiger partial charge is 0.163 e. The number of ketones is 1. The molecule has 1 saturated heterocycles. The third-order valence-corrected chi connectivity index (χ3v) is 3.68. The number of hydrogen-bond acceptors (Lipinski definition) is 4. The molecule has 2 atom stereocenters. The van der Waals surface area contributed by atoms with Crippen LogP contribution in [0.3, 0.4) is 0 Å². The summed E-state index contributed by atoms with van der Waals surface area (Å²) in [6.07, 6.45) is 0. The van der Waals surface area contributed by atoms with Crippen LogP contribution in [0.15, 0.2) is 24.3 Å². The first kappa shape index (κ1) is 14.0. The number of para-hydroxylation sites is 1. The summed E-state index contributed by atoms with van der Waals surface area (Å²) in [5.41, 5.74) is 6.64. The van der Waals surface area contributed by atoms with Gasteiger partial charge in [0.05, 0.1) is 5.56 Å². The van der Waals surface area contributed by atoms with Crippen LogP contribution < -0.4 is 10.5 Å². The van der Waals surface area contributed by atoms with Crippen LogP contribution in [-0.4, -0.2) is 43.0 Å². The number of nitrogens with two attached hydrogens (primary N) is 1. The lowest BCUT2D eigenvalue weighted by atomic mass is 10.1. The predicted molar refractivity (Wildman–Crippen MR) is 75.5 cm³/mol. The zero-order valence-corrected chi connectivity index (χ0v) is 11.6. The van der Waals surface area contributed by atoms with Crippen molar-refractivity contribution in [3.63, 3.8) is 0 Å². The maximum Gasteiger partial charge on any atom is 0.163 e. The number of likely N-dealkylation sites (tertiary alicyclic amines) is 1. The van der Waals surface area contributed by atoms with Gasteiger partial charge < -0.3 is 10.5 Å². The standard InChI is InChI=1S/C15H22N2O2/c1-11-9-17(10-14(11)16)7-8-19-15-6-4-3-5-13(15)12(2)18/h3-6,11,14H,7-10,16H2,1-2H3. The molecule has 2 N–H and O–H groups in total. The highest BCUT2D eigenvalue weighted by Crippen LogP contribution is 2.19. The van der Waals surface area contributed by atoms with Gasteiger partial charge in [-0.25, -0.2) is 0 Å². The molecule has 1 aromatic carbocycles. The number of Topliss-reactive ketones (excluding diaryl/α,β-unsaturated/α-hetero) is 1. The average molecular weight is 262 g/mol. The number of hydrogen-bond donors (Lipinski definition) is 1. The molecule has 0 amide bonds. The third-order valence-electron chi connectivity index (χ3n) is 3.68. The van der Waals surface area contributed by atoms with Gasteiger partial charge in [0, 0.05) is 25.7 Å². The van der Waals surface area contributed by atoms with Crippen LogP contribution in [0.2, 0.25) is 0 Å². The van der Waals surface area contributed by atoms with Crippen LogP contribution in [-0.2, 0) is 0 Å². The minimum atomic E-state index is 0.0346. The quantitative estimate of drug-likeness (QED) is 0.818. The first-order valence-electron chi connectivity index (χ1n) is 6.78. The molecule has 4 heteroatoms. The molecule has 1 aliphatic rings. The molecule has 0 aromatic heterocycles. The van der Waals surface area contributed by atoms with Gasteiger partial charge in [-0.1, -0.05) is 19.1 Å². The fourth-order valence-corrected chi connectivity index (χ4v) is 2.45. The summed E-state index contributed by atoms with van der Waals surface area (Å²) >= 11 is 0. The number of carbonyl (C=O) groups is 1. The van der Waals surface area contributed by atoms with E-state index in [-0.39, 0.29) is 11.8 Å². The monoisotopic (exact) mass is 262 g/mol. The van der Waals surface area contributed by atoms with Crippen molar-refractivity contribution >= 4 is 5.78 Å². The molecule has 1 heterocycles. The minimum Gasteiger partial charge on any atom is -0.491 e. The lowest BCUT2D eigenvalue weighted by Crippen LogP contribution is -2.30. The third kappa shape index (κ3) is 3.55. The molecule has 1 aliphatic heterocycles. The zero-order chi connectivity index (χ0) is 13.8. The van der Waals surface area contributed by atoms with Crippen LogP contribution in [0.25, 0.3) is 0 Å². The highest BCUT2D eigenvalue weighted by Gasteiger charge is 2.26. The van der Waals surface area contributed by atoms with Gasteiger partial charge in [0.25, 0.3) is 0 Å². The molecule has 0 spiro atoms. The second-order valence-electron chi connectivity index (χ2n) is 5.30. The topological polar surface area (TPSA) is 55.6 Å². The molecule has 2 rings (SSSR count). The largest absolute Gasteiger partial charge is 0.491 e. The molecule has 0 aliphatic carbocycles. The average Bonchev–Trinajstić information content (AvgIpc) is 2.69. The van der Waals surface area contributed by atoms with E-state index in [0.29, 0.717) is 23.8 Å². The fourth-order valence-electron chi connectivity index (χ4n) is 2.45. The van der Waals surface area contributed by atoms with Gasteiger partial charge in [0.15, 0.2) is 5.78 Å². The Morgan fingerprint density at radius 3 is 2.79 bits per heavy atom. The molecule has 2 unspecified atom stereocenters. The molecule has 1 fully saturated rings. The van der Waals surface area contributed by atoms with Crippen molar-refractivity contribution in [2.45, 2.75) is 19.9 Å². The molecule has 0 radical (unpaired) electrons. The SMILES string of the molecule is CC(=O)c1ccccc1OCCN1CC(C)C(N)C1. The molecule has 0 bridgehead atoms. The van der Waals surface area contributed by atoms with Crippen LogP contribution in [0.4, 0.5) is 0 Å². The highest BCUT2D eigenvalue weighted by atomic mass is 16.5. The van der Waals surface area contributed by atoms with Crippen molar-refractivity contribution in [3.8, 4) is 5.75 Å². The van der Waals surface area contributed by atoms with E-state index in [0.717, 1.165) is 19.6 Å². The van der Waals surface area contributed by atoms with Crippen LogP contribution in [0.1, 0.15) is 24.2 Å². The Labute approximate surface area is 114 Å². The van der Waals surface area contributed by atoms with Gasteiger partial charge in [0.2, 0.25) is 0 Å². The van der Waals surface area contributed by atoms with Gasteiger partial charge in [-0.2, -0.15) is 0 Å². The molecule has 104 valence electrons. The summed E-state index contributed by atoms with van der Waals surface area (Å²) in [6.45, 7) is 7.13. The number of carbonyl (C=O) groups excluding carboxylic acids is 1. The maximum atomic E-state index is 11.5. The summed E-state index contributed by atoms with van der Waals surface area (Å²) in [5, 5.41) is 0. The van der Waals surface area contributed by atoms with Gasteiger partial charge in [-0.05, 0) is 25.0 Å². The summed E-state index contributed by atoms with van der Waals surface area (Å²) < 4.78 is 5.73. The van der Waals surface area contributed by atoms with Crippen molar-refractivity contribution in [2.75, 3.05) is 26.2 Å². The van der Waals surface area contributed by atoms with Crippen molar-refractivity contribution in [2.24, 2.45) is 11.7 Å². The minimum absolute atomic E-state index is 0.0346. The highest BCUT2D eigenvalue weighted by molar-refractivity contribution is 5.96. The summed E-state index contributed by atoms with van der Waals surface area (Å²) in [6, 6.07) is 7.64. The lowest BCUT2D eigenvalue weighted by Gasteiger charge is -2.16. The first-order chi connectivity index (χ1) is 9.08. The van der Waals surface area contributed by atoms with Crippen molar-refractivity contribution in [3.05, 3.63) is 29.8 Å². The van der Waals surface area contributed by atoms with E-state index in [2.05, 4.69) is 11.8 Å². The van der Waals surface area contributed by atoms with Gasteiger partial charge in [-0.3, -0.25) is 9.69 Å². The Balaban J connectivity index is 1.85. The van der Waals surface area contributed by atoms with Crippen molar-refractivity contribution in [1.29, 1.82) is 0 Å². The first-order valence-corrected chi connectivity index (χ1v) is 6.78. The van der Waals surface area contributed by atoms with Crippen LogP contribution >= 0.6 is 0 Å². The summed E-state index contributed by atoms with van der Waals surface area (Å²) in [7, 11) is 0. The Kier molecular flexibility index (Phi) is 4.56. The number of nitrogens with zero attached hydrogens (tertiary/aromatic N) is 1. The Morgan fingerprint density at radius 1 is 1.42 bits per heavy atom. The van der Waals surface area contributed by atoms with Crippen molar-refractivity contribution < 1.29 is 9.53 Å². The molecule has 1 aromatic rings. The van der Waals surface area contributed by atoms with Gasteiger partial charge in [-0.15, -0.1) is 0 Å². The second kappa shape index (κ2) is 6.17. The maximum absolute atomic E-state index is 11.5. The Hall–Kier alpha value is -1.39. The van der Waals surface area contributed by atoms with Crippen molar-refractivity contribution in [1.82, 2.24) is 4.90 Å². The number of ether oxygens (including phenoxy) is 1. The van der Waals surface area contributed by atoms with E-state index in [4.69, 9.17) is 10.5 Å². The van der Waals surface area contributed by atoms with Crippen LogP contribution in [0.5, 0.6) is 5.75 Å². The molecule has 4 nitrogen and oxygen atoms in total. The van der Waals surface area contributed by atoms with E-state index in [1.165, 1.54) is 0 Å². The molecular formula is C15H22N2O2. The summed E-state index contributed by atoms with van der Waals surface area (Å²) in [5.74, 6) is 1.25. The fraction of sp³-hybridized carbons (Fsp3) is 0.533. The van der Waals surface area contributed by atoms with Gasteiger partial charge >= 0.3 is 0 Å². The van der Waals surface area contributed by atoms with Gasteiger partial charge in [0.1, 0.15) is 12.4 Å². The van der Waals surface area contributed by atoms with E-state index in [1.807, 2.05) is 18.2 Å². The van der Waals surface area contributed by atoms with Crippen LogP contribution in [0, 0.1) is 5.92 Å². The Bertz CT molecular complexity index is 438.